The second-order valence-electron chi connectivity index (χ2n) is 12.3. The third kappa shape index (κ3) is 8.48. The summed E-state index contributed by atoms with van der Waals surface area (Å²) in [5, 5.41) is 8.83. The summed E-state index contributed by atoms with van der Waals surface area (Å²) in [6.07, 6.45) is 0.511. The number of amides is 2. The van der Waals surface area contributed by atoms with Gasteiger partial charge in [0.15, 0.2) is 5.76 Å². The van der Waals surface area contributed by atoms with Crippen molar-refractivity contribution in [2.24, 2.45) is 11.8 Å². The van der Waals surface area contributed by atoms with Crippen molar-refractivity contribution in [2.75, 3.05) is 33.0 Å². The Morgan fingerprint density at radius 2 is 1.69 bits per heavy atom. The molecule has 1 aliphatic heterocycles. The van der Waals surface area contributed by atoms with Gasteiger partial charge in [0.25, 0.3) is 0 Å². The van der Waals surface area contributed by atoms with Crippen LogP contribution in [0.15, 0.2) is 65.1 Å². The predicted molar refractivity (Wildman–Crippen MR) is 170 cm³/mol. The van der Waals surface area contributed by atoms with Crippen LogP contribution in [0.4, 0.5) is 4.79 Å². The fourth-order valence-electron chi connectivity index (χ4n) is 6.08. The summed E-state index contributed by atoms with van der Waals surface area (Å²) in [6, 6.07) is 18.4. The summed E-state index contributed by atoms with van der Waals surface area (Å²) in [5.74, 6) is -1.67. The molecule has 2 atom stereocenters. The average Bonchev–Trinajstić information content (AvgIpc) is 3.54. The van der Waals surface area contributed by atoms with Crippen molar-refractivity contribution in [2.45, 2.75) is 65.5 Å². The van der Waals surface area contributed by atoms with Gasteiger partial charge in [-0.05, 0) is 56.7 Å². The summed E-state index contributed by atoms with van der Waals surface area (Å²) < 4.78 is 22.8. The number of ether oxygens (including phenoxy) is 3. The van der Waals surface area contributed by atoms with Crippen molar-refractivity contribution >= 4 is 17.8 Å². The van der Waals surface area contributed by atoms with Gasteiger partial charge in [0.05, 0.1) is 32.5 Å². The van der Waals surface area contributed by atoms with Crippen molar-refractivity contribution in [1.29, 1.82) is 0 Å². The second kappa shape index (κ2) is 15.5. The van der Waals surface area contributed by atoms with Crippen LogP contribution >= 0.6 is 0 Å². The zero-order valence-electron chi connectivity index (χ0n) is 26.9. The van der Waals surface area contributed by atoms with Crippen molar-refractivity contribution in [1.82, 2.24) is 4.90 Å². The Morgan fingerprint density at radius 3 is 2.36 bits per heavy atom. The molecule has 45 heavy (non-hydrogen) atoms. The minimum absolute atomic E-state index is 0.0303. The standard InChI is InChI=1S/C36H45NO8/c1-24(2)33-36(4,5)45-35(41)37(33)34(40)29(22-26-12-7-6-8-13-26)32(39)31-23-28(27-14-9-11-25(3)21-27)30(44-31)15-10-17-42-19-20-43-18-16-38/h6-9,11-14,21,23-24,29,33,38H,10,15-20,22H2,1-5H3/t29-,33-/m0/s1. The molecule has 4 rings (SSSR count). The van der Waals surface area contributed by atoms with E-state index in [9.17, 15) is 14.4 Å². The lowest BCUT2D eigenvalue weighted by Gasteiger charge is -2.32. The van der Waals surface area contributed by atoms with Gasteiger partial charge in [0, 0.05) is 18.6 Å². The van der Waals surface area contributed by atoms with Crippen LogP contribution in [0, 0.1) is 18.8 Å². The van der Waals surface area contributed by atoms with E-state index < -0.39 is 35.3 Å². The zero-order chi connectivity index (χ0) is 32.6. The van der Waals surface area contributed by atoms with Crippen LogP contribution in [0.1, 0.15) is 61.6 Å². The maximum atomic E-state index is 14.3. The molecule has 1 aliphatic rings. The molecule has 9 heteroatoms. The molecule has 2 aromatic carbocycles. The fraction of sp³-hybridized carbons (Fsp3) is 0.472. The molecule has 242 valence electrons. The highest BCUT2D eigenvalue weighted by Crippen LogP contribution is 2.37. The van der Waals surface area contributed by atoms with Gasteiger partial charge in [-0.2, -0.15) is 0 Å². The SMILES string of the molecule is Cc1cccc(-c2cc(C(=O)[C@H](Cc3ccccc3)C(=O)N3C(=O)OC(C)(C)[C@@H]3C(C)C)oc2CCCOCCOCCO)c1. The fourth-order valence-corrected chi connectivity index (χ4v) is 6.08. The third-order valence-corrected chi connectivity index (χ3v) is 7.98. The van der Waals surface area contributed by atoms with Gasteiger partial charge in [-0.3, -0.25) is 9.59 Å². The molecule has 3 aromatic rings. The van der Waals surface area contributed by atoms with Gasteiger partial charge in [-0.15, -0.1) is 0 Å². The molecular weight excluding hydrogens is 574 g/mol. The van der Waals surface area contributed by atoms with Gasteiger partial charge in [0.2, 0.25) is 11.7 Å². The highest BCUT2D eigenvalue weighted by molar-refractivity contribution is 6.12. The number of aliphatic hydroxyl groups is 1. The lowest BCUT2D eigenvalue weighted by molar-refractivity contribution is -0.133. The summed E-state index contributed by atoms with van der Waals surface area (Å²) in [5.41, 5.74) is 2.64. The Balaban J connectivity index is 1.64. The van der Waals surface area contributed by atoms with Gasteiger partial charge in [-0.25, -0.2) is 9.69 Å². The molecule has 2 heterocycles. The predicted octanol–water partition coefficient (Wildman–Crippen LogP) is 6.04. The van der Waals surface area contributed by atoms with E-state index in [1.54, 1.807) is 19.9 Å². The smallest absolute Gasteiger partial charge is 0.417 e. The first kappa shape index (κ1) is 34.1. The zero-order valence-corrected chi connectivity index (χ0v) is 26.9. The Bertz CT molecular complexity index is 1440. The molecule has 0 radical (unpaired) electrons. The first-order chi connectivity index (χ1) is 21.5. The van der Waals surface area contributed by atoms with Crippen LogP contribution in [-0.4, -0.2) is 72.5 Å². The Morgan fingerprint density at radius 1 is 0.978 bits per heavy atom. The number of carbonyl (C=O) groups is 3. The van der Waals surface area contributed by atoms with Crippen molar-refractivity contribution in [3.63, 3.8) is 0 Å². The van der Waals surface area contributed by atoms with Crippen molar-refractivity contribution in [3.05, 3.63) is 83.3 Å². The summed E-state index contributed by atoms with van der Waals surface area (Å²) in [7, 11) is 0. The number of aryl methyl sites for hydroxylation is 2. The number of carbonyl (C=O) groups excluding carboxylic acids is 3. The second-order valence-corrected chi connectivity index (χ2v) is 12.3. The summed E-state index contributed by atoms with van der Waals surface area (Å²) in [4.78, 5) is 42.8. The molecular formula is C36H45NO8. The largest absolute Gasteiger partial charge is 0.457 e. The maximum Gasteiger partial charge on any atom is 0.417 e. The monoisotopic (exact) mass is 619 g/mol. The lowest BCUT2D eigenvalue weighted by Crippen LogP contribution is -2.51. The molecule has 0 aliphatic carbocycles. The first-order valence-corrected chi connectivity index (χ1v) is 15.6. The quantitative estimate of drug-likeness (QED) is 0.117. The number of hydrogen-bond donors (Lipinski definition) is 1. The van der Waals surface area contributed by atoms with Crippen LogP contribution in [0.3, 0.4) is 0 Å². The van der Waals surface area contributed by atoms with E-state index in [0.29, 0.717) is 38.4 Å². The molecule has 1 N–H and O–H groups in total. The molecule has 9 nitrogen and oxygen atoms in total. The van der Waals surface area contributed by atoms with Crippen molar-refractivity contribution < 1.29 is 38.1 Å². The van der Waals surface area contributed by atoms with E-state index in [4.69, 9.17) is 23.7 Å². The number of Topliss-reactive ketones (excluding diaryl/α,β-unsaturated/α-hetero) is 1. The number of hydrogen-bond acceptors (Lipinski definition) is 8. The molecule has 0 saturated carbocycles. The molecule has 1 fully saturated rings. The normalized spacial score (nSPS) is 16.6. The van der Waals surface area contributed by atoms with Crippen LogP contribution in [-0.2, 0) is 31.8 Å². The number of rotatable bonds is 16. The third-order valence-electron chi connectivity index (χ3n) is 7.98. The molecule has 1 saturated heterocycles. The van der Waals surface area contributed by atoms with Crippen LogP contribution in [0.25, 0.3) is 11.1 Å². The van der Waals surface area contributed by atoms with Gasteiger partial charge in [-0.1, -0.05) is 74.0 Å². The van der Waals surface area contributed by atoms with Crippen molar-refractivity contribution in [3.8, 4) is 11.1 Å². The number of cyclic esters (lactones) is 1. The van der Waals surface area contributed by atoms with Crippen LogP contribution in [0.2, 0.25) is 0 Å². The average molecular weight is 620 g/mol. The number of aliphatic hydroxyl groups excluding tert-OH is 1. The van der Waals surface area contributed by atoms with Gasteiger partial charge < -0.3 is 23.7 Å². The highest BCUT2D eigenvalue weighted by Gasteiger charge is 2.54. The Kier molecular flexibility index (Phi) is 11.7. The number of benzene rings is 2. The molecule has 0 bridgehead atoms. The number of ketones is 1. The number of imide groups is 1. The first-order valence-electron chi connectivity index (χ1n) is 15.6. The van der Waals surface area contributed by atoms with E-state index >= 15 is 0 Å². The van der Waals surface area contributed by atoms with Gasteiger partial charge in [0.1, 0.15) is 17.3 Å². The minimum Gasteiger partial charge on any atom is -0.457 e. The maximum absolute atomic E-state index is 14.3. The highest BCUT2D eigenvalue weighted by atomic mass is 16.6. The van der Waals surface area contributed by atoms with Crippen LogP contribution < -0.4 is 0 Å². The van der Waals surface area contributed by atoms with E-state index in [0.717, 1.165) is 27.2 Å². The lowest BCUT2D eigenvalue weighted by atomic mass is 9.86. The summed E-state index contributed by atoms with van der Waals surface area (Å²) in [6.45, 7) is 10.9. The Hall–Kier alpha value is -3.79. The molecule has 1 aromatic heterocycles. The molecule has 0 unspecified atom stereocenters. The Labute approximate surface area is 265 Å². The van der Waals surface area contributed by atoms with E-state index in [1.165, 1.54) is 0 Å². The van der Waals surface area contributed by atoms with E-state index in [1.807, 2.05) is 75.4 Å². The van der Waals surface area contributed by atoms with Gasteiger partial charge >= 0.3 is 6.09 Å². The number of furan rings is 1. The minimum atomic E-state index is -1.19. The van der Waals surface area contributed by atoms with E-state index in [-0.39, 0.29) is 31.3 Å². The topological polar surface area (TPSA) is 116 Å². The summed E-state index contributed by atoms with van der Waals surface area (Å²) >= 11 is 0. The molecule has 2 amide bonds. The number of nitrogens with zero attached hydrogens (tertiary/aromatic N) is 1. The molecule has 0 spiro atoms. The van der Waals surface area contributed by atoms with Crippen LogP contribution in [0.5, 0.6) is 0 Å². The van der Waals surface area contributed by atoms with E-state index in [2.05, 4.69) is 0 Å².